The molecule has 1 aromatic carbocycles. The van der Waals surface area contributed by atoms with Gasteiger partial charge in [-0.3, -0.25) is 15.0 Å². The molecule has 32 heavy (non-hydrogen) atoms. The zero-order valence-electron chi connectivity index (χ0n) is 17.2. The van der Waals surface area contributed by atoms with Crippen LogP contribution >= 0.6 is 0 Å². The third kappa shape index (κ3) is 5.67. The highest BCUT2D eigenvalue weighted by Crippen LogP contribution is 2.24. The molecule has 3 heterocycles. The van der Waals surface area contributed by atoms with Crippen molar-refractivity contribution in [3.8, 4) is 22.4 Å². The van der Waals surface area contributed by atoms with E-state index < -0.39 is 6.43 Å². The quantitative estimate of drug-likeness (QED) is 0.280. The van der Waals surface area contributed by atoms with Crippen molar-refractivity contribution >= 4 is 5.82 Å². The Balaban J connectivity index is 0.00000306. The molecular formula is C24H23F2N5O. The van der Waals surface area contributed by atoms with Gasteiger partial charge in [-0.25, -0.2) is 13.8 Å². The monoisotopic (exact) mass is 435 g/mol. The Morgan fingerprint density at radius 2 is 1.69 bits per heavy atom. The number of aromatic nitrogens is 4. The molecule has 164 valence electrons. The predicted octanol–water partition coefficient (Wildman–Crippen LogP) is 5.41. The van der Waals surface area contributed by atoms with E-state index in [1.165, 1.54) is 12.3 Å². The molecule has 0 fully saturated rings. The fraction of sp³-hybridized carbons (Fsp3) is 0.167. The van der Waals surface area contributed by atoms with E-state index in [1.807, 2.05) is 36.4 Å². The number of pyridine rings is 2. The zero-order chi connectivity index (χ0) is 22.2. The summed E-state index contributed by atoms with van der Waals surface area (Å²) in [5, 5.41) is 3.12. The third-order valence-corrected chi connectivity index (χ3v) is 4.80. The summed E-state index contributed by atoms with van der Waals surface area (Å²) in [5.41, 5.74) is 4.14. The van der Waals surface area contributed by atoms with Crippen LogP contribution in [0.15, 0.2) is 79.5 Å². The summed E-state index contributed by atoms with van der Waals surface area (Å²) in [5.74, 6) is 0.711. The van der Waals surface area contributed by atoms with Crippen LogP contribution in [0.5, 0.6) is 0 Å². The van der Waals surface area contributed by atoms with Gasteiger partial charge in [-0.1, -0.05) is 24.3 Å². The Morgan fingerprint density at radius 1 is 0.844 bits per heavy atom. The molecule has 8 heteroatoms. The highest BCUT2D eigenvalue weighted by atomic mass is 19.3. The van der Waals surface area contributed by atoms with E-state index >= 15 is 0 Å². The van der Waals surface area contributed by atoms with Crippen molar-refractivity contribution in [3.63, 3.8) is 0 Å². The number of alkyl halides is 2. The van der Waals surface area contributed by atoms with Crippen molar-refractivity contribution in [2.45, 2.75) is 12.8 Å². The van der Waals surface area contributed by atoms with E-state index in [0.29, 0.717) is 19.2 Å². The molecule has 0 unspecified atom stereocenters. The molecule has 0 atom stereocenters. The van der Waals surface area contributed by atoms with E-state index in [-0.39, 0.29) is 7.12 Å². The van der Waals surface area contributed by atoms with Gasteiger partial charge in [0.05, 0.1) is 18.5 Å². The molecule has 1 N–H and O–H groups in total. The van der Waals surface area contributed by atoms with Crippen molar-refractivity contribution in [1.29, 1.82) is 0 Å². The van der Waals surface area contributed by atoms with E-state index in [0.717, 1.165) is 34.4 Å². The van der Waals surface area contributed by atoms with Gasteiger partial charge >= 0.3 is 0 Å². The highest BCUT2D eigenvalue weighted by Gasteiger charge is 2.09. The Morgan fingerprint density at radius 3 is 2.41 bits per heavy atom. The fourth-order valence-corrected chi connectivity index (χ4v) is 3.10. The number of hydrogen-bond donors (Lipinski definition) is 1. The number of nitrogens with zero attached hydrogens (tertiary/aromatic N) is 4. The molecule has 4 aromatic rings. The molecule has 0 aliphatic carbocycles. The Bertz CT molecular complexity index is 1130. The van der Waals surface area contributed by atoms with Gasteiger partial charge in [0.1, 0.15) is 18.2 Å². The maximum atomic E-state index is 12.8. The Labute approximate surface area is 185 Å². The smallest absolute Gasteiger partial charge is 0.280 e. The van der Waals surface area contributed by atoms with Crippen LogP contribution in [0.4, 0.5) is 14.6 Å². The molecule has 0 saturated heterocycles. The van der Waals surface area contributed by atoms with Gasteiger partial charge in [0.2, 0.25) is 0 Å². The number of nitrogens with one attached hydrogen (secondary N) is 1. The predicted molar refractivity (Wildman–Crippen MR) is 120 cm³/mol. The normalized spacial score (nSPS) is 11.0. The average molecular weight is 435 g/mol. The van der Waals surface area contributed by atoms with Gasteiger partial charge < -0.3 is 10.1 Å². The minimum absolute atomic E-state index is 0. The zero-order valence-corrected chi connectivity index (χ0v) is 17.2. The van der Waals surface area contributed by atoms with Gasteiger partial charge in [0.25, 0.3) is 6.43 Å². The van der Waals surface area contributed by atoms with Crippen molar-refractivity contribution < 1.29 is 14.9 Å². The average Bonchev–Trinajstić information content (AvgIpc) is 2.85. The van der Waals surface area contributed by atoms with E-state index in [4.69, 9.17) is 4.74 Å². The first-order valence-corrected chi connectivity index (χ1v) is 10.1. The Kier molecular flexibility index (Phi) is 7.04. The van der Waals surface area contributed by atoms with Crippen LogP contribution in [0.2, 0.25) is 0 Å². The summed E-state index contributed by atoms with van der Waals surface area (Å²) in [7, 11) is 0. The first-order valence-electron chi connectivity index (χ1n) is 10.1. The van der Waals surface area contributed by atoms with Crippen LogP contribution in [0.3, 0.4) is 0 Å². The minimum atomic E-state index is -2.58. The van der Waals surface area contributed by atoms with Crippen LogP contribution in [-0.2, 0) is 11.2 Å². The third-order valence-electron chi connectivity index (χ3n) is 4.80. The number of hydrogen-bond acceptors (Lipinski definition) is 6. The van der Waals surface area contributed by atoms with E-state index in [1.54, 1.807) is 30.9 Å². The lowest BCUT2D eigenvalue weighted by Gasteiger charge is -2.09. The molecule has 0 amide bonds. The first kappa shape index (κ1) is 21.5. The van der Waals surface area contributed by atoms with Gasteiger partial charge in [-0.15, -0.1) is 0 Å². The molecule has 3 aromatic heterocycles. The molecule has 0 radical (unpaired) electrons. The molecule has 0 bridgehead atoms. The maximum absolute atomic E-state index is 12.8. The van der Waals surface area contributed by atoms with Crippen molar-refractivity contribution in [3.05, 3.63) is 90.8 Å². The first-order chi connectivity index (χ1) is 15.7. The number of halogens is 2. The second kappa shape index (κ2) is 10.5. The van der Waals surface area contributed by atoms with Crippen LogP contribution in [0.1, 0.15) is 19.1 Å². The van der Waals surface area contributed by atoms with Gasteiger partial charge in [0, 0.05) is 31.8 Å². The Hall–Kier alpha value is -3.78. The SMILES string of the molecule is FC(F)c1cc(-c2ccc(CCOCNc3ccc(-c4cnccn4)cn3)cc2)ccn1.[HH]. The lowest BCUT2D eigenvalue weighted by atomic mass is 10.0. The van der Waals surface area contributed by atoms with E-state index in [9.17, 15) is 8.78 Å². The summed E-state index contributed by atoms with van der Waals surface area (Å²) < 4.78 is 31.3. The highest BCUT2D eigenvalue weighted by molar-refractivity contribution is 5.63. The van der Waals surface area contributed by atoms with Crippen LogP contribution in [0, 0.1) is 0 Å². The second-order valence-electron chi connectivity index (χ2n) is 6.97. The maximum Gasteiger partial charge on any atom is 0.280 e. The minimum Gasteiger partial charge on any atom is -0.361 e. The van der Waals surface area contributed by atoms with E-state index in [2.05, 4.69) is 25.3 Å². The summed E-state index contributed by atoms with van der Waals surface area (Å²) in [6.07, 6.45) is 6.27. The molecule has 4 rings (SSSR count). The summed E-state index contributed by atoms with van der Waals surface area (Å²) in [6, 6.07) is 14.7. The van der Waals surface area contributed by atoms with Crippen LogP contribution in [0.25, 0.3) is 22.4 Å². The molecule has 6 nitrogen and oxygen atoms in total. The fourth-order valence-electron chi connectivity index (χ4n) is 3.10. The lowest BCUT2D eigenvalue weighted by molar-refractivity contribution is 0.146. The largest absolute Gasteiger partial charge is 0.361 e. The van der Waals surface area contributed by atoms with Crippen LogP contribution < -0.4 is 5.32 Å². The van der Waals surface area contributed by atoms with Crippen molar-refractivity contribution in [1.82, 2.24) is 19.9 Å². The molecule has 0 saturated carbocycles. The molecule has 0 aliphatic heterocycles. The number of ether oxygens (including phenoxy) is 1. The second-order valence-corrected chi connectivity index (χ2v) is 6.97. The number of anilines is 1. The van der Waals surface area contributed by atoms with Gasteiger partial charge in [-0.2, -0.15) is 0 Å². The molecule has 0 aliphatic rings. The van der Waals surface area contributed by atoms with Crippen molar-refractivity contribution in [2.24, 2.45) is 0 Å². The molecule has 0 spiro atoms. The summed E-state index contributed by atoms with van der Waals surface area (Å²) in [4.78, 5) is 16.4. The number of benzene rings is 1. The lowest BCUT2D eigenvalue weighted by Crippen LogP contribution is -2.09. The number of rotatable bonds is 9. The van der Waals surface area contributed by atoms with Crippen LogP contribution in [-0.4, -0.2) is 33.3 Å². The topological polar surface area (TPSA) is 72.8 Å². The summed E-state index contributed by atoms with van der Waals surface area (Å²) in [6.45, 7) is 0.873. The standard InChI is InChI=1S/C24H21F2N5O.H2/c25-24(26)21-13-19(7-9-28-21)18-3-1-17(2-4-18)8-12-32-16-31-23-6-5-20(14-30-23)22-15-27-10-11-29-22;/h1-7,9-11,13-15,24H,8,12,16H2,(H,30,31);1H. The van der Waals surface area contributed by atoms with Gasteiger partial charge in [0.15, 0.2) is 0 Å². The van der Waals surface area contributed by atoms with Crippen molar-refractivity contribution in [2.75, 3.05) is 18.7 Å². The van der Waals surface area contributed by atoms with Gasteiger partial charge in [-0.05, 0) is 47.4 Å². The molecular weight excluding hydrogens is 412 g/mol. The summed E-state index contributed by atoms with van der Waals surface area (Å²) >= 11 is 0.